The van der Waals surface area contributed by atoms with E-state index in [2.05, 4.69) is 24.4 Å². The Bertz CT molecular complexity index is 891. The van der Waals surface area contributed by atoms with E-state index in [1.54, 1.807) is 12.1 Å². The zero-order chi connectivity index (χ0) is 20.7. The van der Waals surface area contributed by atoms with Gasteiger partial charge in [0.05, 0.1) is 11.4 Å². The standard InChI is InChI=1S/C21H29N3O3S/c1-5-24(6-2)28(26,27)20-13-11-19(12-14-20)22-21(25)16-23(4)15-18-10-8-7-9-17(18)3/h7-14H,5-6,15-16H2,1-4H3,(H,22,25). The molecule has 0 aromatic heterocycles. The van der Waals surface area contributed by atoms with Crippen molar-refractivity contribution in [3.63, 3.8) is 0 Å². The molecule has 0 radical (unpaired) electrons. The van der Waals surface area contributed by atoms with Crippen LogP contribution in [0.3, 0.4) is 0 Å². The number of amides is 1. The molecule has 6 nitrogen and oxygen atoms in total. The van der Waals surface area contributed by atoms with E-state index in [0.717, 1.165) is 0 Å². The maximum Gasteiger partial charge on any atom is 0.243 e. The van der Waals surface area contributed by atoms with E-state index in [1.807, 2.05) is 37.9 Å². The fourth-order valence-electron chi connectivity index (χ4n) is 3.00. The Morgan fingerprint density at radius 3 is 2.18 bits per heavy atom. The molecule has 7 heteroatoms. The van der Waals surface area contributed by atoms with E-state index in [0.29, 0.717) is 25.3 Å². The second-order valence-electron chi connectivity index (χ2n) is 6.76. The molecule has 0 unspecified atom stereocenters. The predicted molar refractivity (Wildman–Crippen MR) is 113 cm³/mol. The van der Waals surface area contributed by atoms with Crippen LogP contribution in [0.1, 0.15) is 25.0 Å². The van der Waals surface area contributed by atoms with Crippen molar-refractivity contribution in [2.75, 3.05) is 32.0 Å². The van der Waals surface area contributed by atoms with E-state index in [-0.39, 0.29) is 17.3 Å². The monoisotopic (exact) mass is 403 g/mol. The number of hydrogen-bond donors (Lipinski definition) is 1. The van der Waals surface area contributed by atoms with E-state index in [4.69, 9.17) is 0 Å². The van der Waals surface area contributed by atoms with Gasteiger partial charge in [-0.25, -0.2) is 8.42 Å². The van der Waals surface area contributed by atoms with Gasteiger partial charge >= 0.3 is 0 Å². The molecule has 0 saturated carbocycles. The van der Waals surface area contributed by atoms with Gasteiger partial charge < -0.3 is 5.32 Å². The lowest BCUT2D eigenvalue weighted by atomic mass is 10.1. The lowest BCUT2D eigenvalue weighted by Gasteiger charge is -2.19. The van der Waals surface area contributed by atoms with Gasteiger partial charge in [0.2, 0.25) is 15.9 Å². The number of aryl methyl sites for hydroxylation is 1. The molecule has 0 aliphatic rings. The normalized spacial score (nSPS) is 11.8. The molecular formula is C21H29N3O3S. The Balaban J connectivity index is 1.96. The number of likely N-dealkylation sites (N-methyl/N-ethyl adjacent to an activating group) is 1. The summed E-state index contributed by atoms with van der Waals surface area (Å²) < 4.78 is 26.4. The number of sulfonamides is 1. The third-order valence-electron chi connectivity index (χ3n) is 4.60. The second-order valence-corrected chi connectivity index (χ2v) is 8.70. The zero-order valence-corrected chi connectivity index (χ0v) is 17.8. The average molecular weight is 404 g/mol. The van der Waals surface area contributed by atoms with Crippen molar-refractivity contribution < 1.29 is 13.2 Å². The highest BCUT2D eigenvalue weighted by Gasteiger charge is 2.21. The van der Waals surface area contributed by atoms with Crippen LogP contribution >= 0.6 is 0 Å². The Morgan fingerprint density at radius 2 is 1.61 bits per heavy atom. The minimum Gasteiger partial charge on any atom is -0.325 e. The number of rotatable bonds is 9. The van der Waals surface area contributed by atoms with Crippen LogP contribution in [-0.4, -0.2) is 50.2 Å². The average Bonchev–Trinajstić information content (AvgIpc) is 2.64. The number of nitrogens with one attached hydrogen (secondary N) is 1. The van der Waals surface area contributed by atoms with Crippen molar-refractivity contribution >= 4 is 21.6 Å². The molecule has 2 aromatic carbocycles. The first-order valence-electron chi connectivity index (χ1n) is 9.41. The van der Waals surface area contributed by atoms with Crippen LogP contribution < -0.4 is 5.32 Å². The lowest BCUT2D eigenvalue weighted by Crippen LogP contribution is -2.31. The van der Waals surface area contributed by atoms with Crippen LogP contribution in [-0.2, 0) is 21.4 Å². The molecule has 0 saturated heterocycles. The number of carbonyl (C=O) groups excluding carboxylic acids is 1. The molecule has 0 fully saturated rings. The maximum atomic E-state index is 12.5. The van der Waals surface area contributed by atoms with Crippen molar-refractivity contribution in [1.29, 1.82) is 0 Å². The first-order valence-corrected chi connectivity index (χ1v) is 10.8. The predicted octanol–water partition coefficient (Wildman–Crippen LogP) is 3.10. The molecular weight excluding hydrogens is 374 g/mol. The number of carbonyl (C=O) groups is 1. The van der Waals surface area contributed by atoms with Crippen LogP contribution in [0, 0.1) is 6.92 Å². The van der Waals surface area contributed by atoms with Crippen molar-refractivity contribution in [3.8, 4) is 0 Å². The van der Waals surface area contributed by atoms with Gasteiger partial charge in [0, 0.05) is 25.3 Å². The van der Waals surface area contributed by atoms with Crippen LogP contribution in [0.4, 0.5) is 5.69 Å². The minimum atomic E-state index is -3.49. The van der Waals surface area contributed by atoms with E-state index in [1.165, 1.54) is 27.6 Å². The second kappa shape index (κ2) is 9.82. The van der Waals surface area contributed by atoms with Gasteiger partial charge in [-0.1, -0.05) is 38.1 Å². The molecule has 28 heavy (non-hydrogen) atoms. The van der Waals surface area contributed by atoms with E-state index < -0.39 is 10.0 Å². The van der Waals surface area contributed by atoms with Gasteiger partial charge in [-0.05, 0) is 49.4 Å². The zero-order valence-electron chi connectivity index (χ0n) is 17.0. The number of benzene rings is 2. The Morgan fingerprint density at radius 1 is 1.00 bits per heavy atom. The first kappa shape index (κ1) is 22.1. The van der Waals surface area contributed by atoms with Crippen LogP contribution in [0.2, 0.25) is 0 Å². The highest BCUT2D eigenvalue weighted by molar-refractivity contribution is 7.89. The summed E-state index contributed by atoms with van der Waals surface area (Å²) >= 11 is 0. The smallest absolute Gasteiger partial charge is 0.243 e. The largest absolute Gasteiger partial charge is 0.325 e. The van der Waals surface area contributed by atoms with E-state index in [9.17, 15) is 13.2 Å². The van der Waals surface area contributed by atoms with Crippen molar-refractivity contribution in [2.45, 2.75) is 32.2 Å². The fourth-order valence-corrected chi connectivity index (χ4v) is 4.46. The summed E-state index contributed by atoms with van der Waals surface area (Å²) in [6, 6.07) is 14.4. The summed E-state index contributed by atoms with van der Waals surface area (Å²) in [4.78, 5) is 14.5. The lowest BCUT2D eigenvalue weighted by molar-refractivity contribution is -0.117. The van der Waals surface area contributed by atoms with Gasteiger partial charge in [-0.2, -0.15) is 4.31 Å². The third kappa shape index (κ3) is 5.64. The molecule has 1 amide bonds. The van der Waals surface area contributed by atoms with Crippen molar-refractivity contribution in [3.05, 3.63) is 59.7 Å². The molecule has 0 bridgehead atoms. The first-order chi connectivity index (χ1) is 13.3. The quantitative estimate of drug-likeness (QED) is 0.699. The summed E-state index contributed by atoms with van der Waals surface area (Å²) in [6.45, 7) is 7.44. The highest BCUT2D eigenvalue weighted by atomic mass is 32.2. The molecule has 0 atom stereocenters. The third-order valence-corrected chi connectivity index (χ3v) is 6.66. The fraction of sp³-hybridized carbons (Fsp3) is 0.381. The molecule has 0 spiro atoms. The summed E-state index contributed by atoms with van der Waals surface area (Å²) in [5.74, 6) is -0.143. The Hall–Kier alpha value is -2.22. The molecule has 2 rings (SSSR count). The molecule has 1 N–H and O–H groups in total. The van der Waals surface area contributed by atoms with Crippen molar-refractivity contribution in [1.82, 2.24) is 9.21 Å². The summed E-state index contributed by atoms with van der Waals surface area (Å²) in [7, 11) is -1.60. The number of anilines is 1. The summed E-state index contributed by atoms with van der Waals surface area (Å²) in [5, 5.41) is 2.82. The Kier molecular flexibility index (Phi) is 7.74. The van der Waals surface area contributed by atoms with Gasteiger partial charge in [-0.15, -0.1) is 0 Å². The van der Waals surface area contributed by atoms with Gasteiger partial charge in [0.25, 0.3) is 0 Å². The topological polar surface area (TPSA) is 69.7 Å². The van der Waals surface area contributed by atoms with Gasteiger partial charge in [-0.3, -0.25) is 9.69 Å². The van der Waals surface area contributed by atoms with Gasteiger partial charge in [0.1, 0.15) is 0 Å². The summed E-state index contributed by atoms with van der Waals surface area (Å²) in [5.41, 5.74) is 2.95. The molecule has 2 aromatic rings. The van der Waals surface area contributed by atoms with Crippen LogP contribution in [0.5, 0.6) is 0 Å². The molecule has 0 heterocycles. The van der Waals surface area contributed by atoms with Crippen LogP contribution in [0.15, 0.2) is 53.4 Å². The maximum absolute atomic E-state index is 12.5. The molecule has 152 valence electrons. The number of hydrogen-bond acceptors (Lipinski definition) is 4. The minimum absolute atomic E-state index is 0.143. The van der Waals surface area contributed by atoms with Crippen LogP contribution in [0.25, 0.3) is 0 Å². The van der Waals surface area contributed by atoms with Crippen molar-refractivity contribution in [2.24, 2.45) is 0 Å². The Labute approximate surface area is 168 Å². The van der Waals surface area contributed by atoms with Gasteiger partial charge in [0.15, 0.2) is 0 Å². The van der Waals surface area contributed by atoms with E-state index >= 15 is 0 Å². The number of nitrogens with zero attached hydrogens (tertiary/aromatic N) is 2. The molecule has 0 aliphatic carbocycles. The highest BCUT2D eigenvalue weighted by Crippen LogP contribution is 2.18. The summed E-state index contributed by atoms with van der Waals surface area (Å²) in [6.07, 6.45) is 0. The SMILES string of the molecule is CCN(CC)S(=O)(=O)c1ccc(NC(=O)CN(C)Cc2ccccc2C)cc1. The molecule has 0 aliphatic heterocycles.